The Morgan fingerprint density at radius 3 is 2.76 bits per heavy atom. The van der Waals surface area contributed by atoms with Gasteiger partial charge in [-0.3, -0.25) is 9.08 Å². The van der Waals surface area contributed by atoms with Gasteiger partial charge in [-0.25, -0.2) is 4.98 Å². The van der Waals surface area contributed by atoms with Crippen LogP contribution in [0.3, 0.4) is 0 Å². The quantitative estimate of drug-likeness (QED) is 0.564. The summed E-state index contributed by atoms with van der Waals surface area (Å²) in [7, 11) is 1.94. The molecule has 0 aliphatic carbocycles. The average Bonchev–Trinajstić information content (AvgIpc) is 3.16. The highest BCUT2D eigenvalue weighted by Crippen LogP contribution is 2.34. The fraction of sp³-hybridized carbons (Fsp3) is 0.125. The topological polar surface area (TPSA) is 35.1 Å². The lowest BCUT2D eigenvalue weighted by atomic mass is 10.3. The number of rotatable bonds is 2. The van der Waals surface area contributed by atoms with Gasteiger partial charge in [-0.05, 0) is 30.7 Å². The Hall–Kier alpha value is -2.40. The van der Waals surface area contributed by atoms with Gasteiger partial charge in [0.2, 0.25) is 0 Å². The lowest BCUT2D eigenvalue weighted by Crippen LogP contribution is -1.88. The molecular formula is C16H14N4S. The van der Waals surface area contributed by atoms with Gasteiger partial charge >= 0.3 is 0 Å². The molecule has 5 heteroatoms. The SMILES string of the molecule is Cc1cccn2c(-c3ccc(-c4cnn(C)c4)s3)cnc12. The number of fused-ring (bicyclic) bond motifs is 1. The molecule has 21 heavy (non-hydrogen) atoms. The molecule has 4 heterocycles. The summed E-state index contributed by atoms with van der Waals surface area (Å²) in [5, 5.41) is 4.23. The first-order valence-corrected chi connectivity index (χ1v) is 7.56. The van der Waals surface area contributed by atoms with Crippen LogP contribution >= 0.6 is 11.3 Å². The van der Waals surface area contributed by atoms with E-state index in [0.29, 0.717) is 0 Å². The molecule has 0 aromatic carbocycles. The van der Waals surface area contributed by atoms with Gasteiger partial charge in [0.1, 0.15) is 5.65 Å². The Morgan fingerprint density at radius 1 is 1.10 bits per heavy atom. The smallest absolute Gasteiger partial charge is 0.140 e. The predicted octanol–water partition coefficient (Wildman–Crippen LogP) is 3.77. The Balaban J connectivity index is 1.83. The van der Waals surface area contributed by atoms with Crippen LogP contribution in [-0.2, 0) is 7.05 Å². The van der Waals surface area contributed by atoms with Crippen LogP contribution in [0.15, 0.2) is 49.1 Å². The average molecular weight is 294 g/mol. The maximum absolute atomic E-state index is 4.53. The molecule has 0 atom stereocenters. The molecule has 4 aromatic rings. The summed E-state index contributed by atoms with van der Waals surface area (Å²) in [5.74, 6) is 0. The molecule has 104 valence electrons. The normalized spacial score (nSPS) is 11.3. The molecular weight excluding hydrogens is 280 g/mol. The van der Waals surface area contributed by atoms with E-state index in [1.54, 1.807) is 11.3 Å². The summed E-state index contributed by atoms with van der Waals surface area (Å²) in [6, 6.07) is 8.44. The molecule has 0 fully saturated rings. The Bertz CT molecular complexity index is 929. The third-order valence-electron chi connectivity index (χ3n) is 3.58. The second-order valence-corrected chi connectivity index (χ2v) is 6.18. The first-order valence-electron chi connectivity index (χ1n) is 6.74. The Morgan fingerprint density at radius 2 is 1.95 bits per heavy atom. The zero-order valence-corrected chi connectivity index (χ0v) is 12.6. The summed E-state index contributed by atoms with van der Waals surface area (Å²) >= 11 is 1.76. The lowest BCUT2D eigenvalue weighted by Gasteiger charge is -2.00. The summed E-state index contributed by atoms with van der Waals surface area (Å²) in [6.45, 7) is 2.08. The third-order valence-corrected chi connectivity index (χ3v) is 4.74. The van der Waals surface area contributed by atoms with Gasteiger partial charge in [-0.15, -0.1) is 11.3 Å². The minimum atomic E-state index is 1.02. The maximum atomic E-state index is 4.53. The molecule has 0 amide bonds. The number of aryl methyl sites for hydroxylation is 2. The lowest BCUT2D eigenvalue weighted by molar-refractivity contribution is 0.768. The van der Waals surface area contributed by atoms with Crippen LogP contribution in [0.4, 0.5) is 0 Å². The van der Waals surface area contributed by atoms with E-state index in [1.165, 1.54) is 15.3 Å². The predicted molar refractivity (Wildman–Crippen MR) is 85.4 cm³/mol. The molecule has 0 spiro atoms. The summed E-state index contributed by atoms with van der Waals surface area (Å²) in [6.07, 6.45) is 7.94. The molecule has 4 rings (SSSR count). The van der Waals surface area contributed by atoms with E-state index in [9.17, 15) is 0 Å². The number of hydrogen-bond donors (Lipinski definition) is 0. The summed E-state index contributed by atoms with van der Waals surface area (Å²) in [5.41, 5.74) is 4.49. The van der Waals surface area contributed by atoms with Crippen molar-refractivity contribution in [1.29, 1.82) is 0 Å². The molecule has 0 saturated carbocycles. The molecule has 4 nitrogen and oxygen atoms in total. The highest BCUT2D eigenvalue weighted by molar-refractivity contribution is 7.18. The molecule has 0 N–H and O–H groups in total. The van der Waals surface area contributed by atoms with Crippen molar-refractivity contribution in [2.24, 2.45) is 7.05 Å². The molecule has 0 saturated heterocycles. The van der Waals surface area contributed by atoms with Gasteiger partial charge in [-0.2, -0.15) is 5.10 Å². The molecule has 0 radical (unpaired) electrons. The molecule has 4 aromatic heterocycles. The first kappa shape index (κ1) is 12.3. The molecule has 0 aliphatic rings. The number of imidazole rings is 1. The van der Waals surface area contributed by atoms with Crippen LogP contribution in [0.1, 0.15) is 5.56 Å². The van der Waals surface area contributed by atoms with E-state index in [-0.39, 0.29) is 0 Å². The van der Waals surface area contributed by atoms with Gasteiger partial charge in [0.05, 0.1) is 23.0 Å². The summed E-state index contributed by atoms with van der Waals surface area (Å²) < 4.78 is 3.97. The van der Waals surface area contributed by atoms with Crippen molar-refractivity contribution < 1.29 is 0 Å². The zero-order chi connectivity index (χ0) is 14.4. The monoisotopic (exact) mass is 294 g/mol. The third kappa shape index (κ3) is 1.97. The Labute approximate surface area is 126 Å². The maximum Gasteiger partial charge on any atom is 0.140 e. The van der Waals surface area contributed by atoms with E-state index in [4.69, 9.17) is 0 Å². The van der Waals surface area contributed by atoms with Gasteiger partial charge < -0.3 is 0 Å². The van der Waals surface area contributed by atoms with E-state index < -0.39 is 0 Å². The fourth-order valence-electron chi connectivity index (χ4n) is 2.51. The molecule has 0 aliphatic heterocycles. The molecule has 0 unspecified atom stereocenters. The minimum absolute atomic E-state index is 1.02. The van der Waals surface area contributed by atoms with Gasteiger partial charge in [0.15, 0.2) is 0 Å². The van der Waals surface area contributed by atoms with Crippen molar-refractivity contribution in [3.8, 4) is 21.0 Å². The second kappa shape index (κ2) is 4.56. The van der Waals surface area contributed by atoms with Crippen molar-refractivity contribution in [2.45, 2.75) is 6.92 Å². The van der Waals surface area contributed by atoms with Crippen molar-refractivity contribution in [3.05, 3.63) is 54.6 Å². The number of thiophene rings is 1. The Kier molecular flexibility index (Phi) is 2.68. The number of pyridine rings is 1. The van der Waals surface area contributed by atoms with E-state index >= 15 is 0 Å². The first-order chi connectivity index (χ1) is 10.2. The highest BCUT2D eigenvalue weighted by Gasteiger charge is 2.11. The van der Waals surface area contributed by atoms with E-state index in [0.717, 1.165) is 16.9 Å². The van der Waals surface area contributed by atoms with Gasteiger partial charge in [0.25, 0.3) is 0 Å². The van der Waals surface area contributed by atoms with Crippen molar-refractivity contribution in [2.75, 3.05) is 0 Å². The minimum Gasteiger partial charge on any atom is -0.299 e. The largest absolute Gasteiger partial charge is 0.299 e. The second-order valence-electron chi connectivity index (χ2n) is 5.09. The van der Waals surface area contributed by atoms with Crippen LogP contribution in [0.2, 0.25) is 0 Å². The van der Waals surface area contributed by atoms with Gasteiger partial charge in [0, 0.05) is 29.9 Å². The van der Waals surface area contributed by atoms with Crippen LogP contribution in [0, 0.1) is 6.92 Å². The van der Waals surface area contributed by atoms with Crippen molar-refractivity contribution in [3.63, 3.8) is 0 Å². The zero-order valence-electron chi connectivity index (χ0n) is 11.8. The van der Waals surface area contributed by atoms with E-state index in [1.807, 2.05) is 30.3 Å². The van der Waals surface area contributed by atoms with Crippen molar-refractivity contribution in [1.82, 2.24) is 19.2 Å². The van der Waals surface area contributed by atoms with Crippen LogP contribution in [0.25, 0.3) is 26.7 Å². The molecule has 0 bridgehead atoms. The van der Waals surface area contributed by atoms with Crippen LogP contribution in [-0.4, -0.2) is 19.2 Å². The fourth-order valence-corrected chi connectivity index (χ4v) is 3.50. The van der Waals surface area contributed by atoms with Crippen LogP contribution in [0.5, 0.6) is 0 Å². The standard InChI is InChI=1S/C16H14N4S/c1-11-4-3-7-20-13(9-17-16(11)20)15-6-5-14(21-15)12-8-18-19(2)10-12/h3-10H,1-2H3. The van der Waals surface area contributed by atoms with Crippen LogP contribution < -0.4 is 0 Å². The number of aromatic nitrogens is 4. The van der Waals surface area contributed by atoms with Gasteiger partial charge in [-0.1, -0.05) is 6.07 Å². The number of hydrogen-bond acceptors (Lipinski definition) is 3. The van der Waals surface area contributed by atoms with Crippen molar-refractivity contribution >= 4 is 17.0 Å². The van der Waals surface area contributed by atoms with E-state index in [2.05, 4.69) is 51.9 Å². The number of nitrogens with zero attached hydrogens (tertiary/aromatic N) is 4. The highest BCUT2D eigenvalue weighted by atomic mass is 32.1. The summed E-state index contributed by atoms with van der Waals surface area (Å²) in [4.78, 5) is 6.97.